The van der Waals surface area contributed by atoms with Crippen LogP contribution >= 0.6 is 39.1 Å². The van der Waals surface area contributed by atoms with E-state index in [4.69, 9.17) is 27.9 Å². The van der Waals surface area contributed by atoms with Crippen LogP contribution in [0.25, 0.3) is 0 Å². The predicted octanol–water partition coefficient (Wildman–Crippen LogP) is 4.55. The Hall–Kier alpha value is 0.0800. The van der Waals surface area contributed by atoms with Gasteiger partial charge in [0.2, 0.25) is 0 Å². The minimum atomic E-state index is 0.130. The lowest BCUT2D eigenvalue weighted by Crippen LogP contribution is -2.12. The summed E-state index contributed by atoms with van der Waals surface area (Å²) in [7, 11) is 0. The minimum Gasteiger partial charge on any atom is -0.489 e. The Balaban J connectivity index is 2.70. The van der Waals surface area contributed by atoms with Gasteiger partial charge in [-0.2, -0.15) is 0 Å². The highest BCUT2D eigenvalue weighted by atomic mass is 79.9. The molecule has 0 amide bonds. The van der Waals surface area contributed by atoms with E-state index in [0.717, 1.165) is 11.8 Å². The summed E-state index contributed by atoms with van der Waals surface area (Å²) in [5.41, 5.74) is 0. The fourth-order valence-corrected chi connectivity index (χ4v) is 1.97. The van der Waals surface area contributed by atoms with Gasteiger partial charge in [-0.15, -0.1) is 0 Å². The largest absolute Gasteiger partial charge is 0.489 e. The summed E-state index contributed by atoms with van der Waals surface area (Å²) in [6, 6.07) is 5.21. The Morgan fingerprint density at radius 1 is 1.43 bits per heavy atom. The van der Waals surface area contributed by atoms with E-state index in [0.29, 0.717) is 15.8 Å². The average Bonchev–Trinajstić information content (AvgIpc) is 2.12. The van der Waals surface area contributed by atoms with E-state index < -0.39 is 0 Å². The van der Waals surface area contributed by atoms with Crippen LogP contribution in [0.15, 0.2) is 18.2 Å². The van der Waals surface area contributed by atoms with Crippen molar-refractivity contribution in [3.63, 3.8) is 0 Å². The van der Waals surface area contributed by atoms with E-state index in [2.05, 4.69) is 15.9 Å². The lowest BCUT2D eigenvalue weighted by Gasteiger charge is -2.14. The normalized spacial score (nSPS) is 12.6. The van der Waals surface area contributed by atoms with Gasteiger partial charge in [0, 0.05) is 16.4 Å². The fraction of sp³-hybridized carbons (Fsp3) is 0.400. The van der Waals surface area contributed by atoms with Crippen LogP contribution in [-0.4, -0.2) is 11.4 Å². The van der Waals surface area contributed by atoms with Crippen molar-refractivity contribution < 1.29 is 4.74 Å². The molecule has 14 heavy (non-hydrogen) atoms. The molecule has 0 saturated heterocycles. The molecule has 1 unspecified atom stereocenters. The number of benzene rings is 1. The van der Waals surface area contributed by atoms with E-state index in [1.54, 1.807) is 18.2 Å². The molecule has 0 spiro atoms. The van der Waals surface area contributed by atoms with Crippen molar-refractivity contribution in [3.05, 3.63) is 28.2 Å². The molecule has 1 aromatic rings. The first-order valence-electron chi connectivity index (χ1n) is 4.31. The van der Waals surface area contributed by atoms with Crippen LogP contribution in [-0.2, 0) is 0 Å². The molecule has 0 saturated carbocycles. The van der Waals surface area contributed by atoms with Gasteiger partial charge in [0.15, 0.2) is 0 Å². The van der Waals surface area contributed by atoms with Crippen molar-refractivity contribution in [3.8, 4) is 5.75 Å². The Morgan fingerprint density at radius 3 is 2.79 bits per heavy atom. The summed E-state index contributed by atoms with van der Waals surface area (Å²) >= 11 is 15.1. The number of hydrogen-bond acceptors (Lipinski definition) is 1. The number of hydrogen-bond donors (Lipinski definition) is 0. The molecule has 0 radical (unpaired) electrons. The second-order valence-electron chi connectivity index (χ2n) is 2.98. The highest BCUT2D eigenvalue weighted by Gasteiger charge is 2.07. The van der Waals surface area contributed by atoms with Crippen molar-refractivity contribution in [2.75, 3.05) is 5.33 Å². The first-order chi connectivity index (χ1) is 6.63. The van der Waals surface area contributed by atoms with Gasteiger partial charge in [0.25, 0.3) is 0 Å². The smallest absolute Gasteiger partial charge is 0.139 e. The molecule has 0 heterocycles. The second kappa shape index (κ2) is 5.84. The van der Waals surface area contributed by atoms with Gasteiger partial charge >= 0.3 is 0 Å². The molecule has 0 aliphatic heterocycles. The third-order valence-corrected chi connectivity index (χ3v) is 2.74. The van der Waals surface area contributed by atoms with Crippen LogP contribution in [0.4, 0.5) is 0 Å². The van der Waals surface area contributed by atoms with Crippen molar-refractivity contribution >= 4 is 39.1 Å². The van der Waals surface area contributed by atoms with Crippen LogP contribution in [0.2, 0.25) is 10.0 Å². The standard InChI is InChI=1S/C10H11BrCl2O/c1-7(4-5-11)14-10-6-8(12)2-3-9(10)13/h2-3,6-7H,4-5H2,1H3. The predicted molar refractivity (Wildman–Crippen MR) is 65.0 cm³/mol. The van der Waals surface area contributed by atoms with E-state index in [-0.39, 0.29) is 6.10 Å². The molecule has 4 heteroatoms. The van der Waals surface area contributed by atoms with Gasteiger partial charge in [0.05, 0.1) is 11.1 Å². The summed E-state index contributed by atoms with van der Waals surface area (Å²) in [5.74, 6) is 0.646. The van der Waals surface area contributed by atoms with Gasteiger partial charge in [-0.05, 0) is 25.5 Å². The Bertz CT molecular complexity index is 304. The molecule has 0 aliphatic rings. The topological polar surface area (TPSA) is 9.23 Å². The highest BCUT2D eigenvalue weighted by Crippen LogP contribution is 2.28. The van der Waals surface area contributed by atoms with Crippen molar-refractivity contribution in [2.45, 2.75) is 19.4 Å². The third-order valence-electron chi connectivity index (χ3n) is 1.74. The van der Waals surface area contributed by atoms with Gasteiger partial charge in [-0.25, -0.2) is 0 Å². The number of ether oxygens (including phenoxy) is 1. The molecule has 0 N–H and O–H groups in total. The highest BCUT2D eigenvalue weighted by molar-refractivity contribution is 9.09. The van der Waals surface area contributed by atoms with Gasteiger partial charge in [-0.1, -0.05) is 39.1 Å². The molecule has 1 aromatic carbocycles. The quantitative estimate of drug-likeness (QED) is 0.741. The molecule has 1 atom stereocenters. The zero-order chi connectivity index (χ0) is 10.6. The van der Waals surface area contributed by atoms with E-state index >= 15 is 0 Å². The van der Waals surface area contributed by atoms with Crippen molar-refractivity contribution in [1.29, 1.82) is 0 Å². The molecular weight excluding hydrogens is 287 g/mol. The zero-order valence-electron chi connectivity index (χ0n) is 7.77. The lowest BCUT2D eigenvalue weighted by atomic mass is 10.3. The number of alkyl halides is 1. The maximum absolute atomic E-state index is 5.95. The van der Waals surface area contributed by atoms with Crippen LogP contribution in [0, 0.1) is 0 Å². The molecular formula is C10H11BrCl2O. The molecule has 1 nitrogen and oxygen atoms in total. The van der Waals surface area contributed by atoms with Gasteiger partial charge < -0.3 is 4.74 Å². The molecule has 0 aliphatic carbocycles. The maximum atomic E-state index is 5.95. The molecule has 78 valence electrons. The Kier molecular flexibility index (Phi) is 5.07. The second-order valence-corrected chi connectivity index (χ2v) is 4.62. The molecule has 0 fully saturated rings. The van der Waals surface area contributed by atoms with E-state index in [9.17, 15) is 0 Å². The van der Waals surface area contributed by atoms with Gasteiger partial charge in [-0.3, -0.25) is 0 Å². The summed E-state index contributed by atoms with van der Waals surface area (Å²) in [5, 5.41) is 2.14. The maximum Gasteiger partial charge on any atom is 0.139 e. The van der Waals surface area contributed by atoms with Crippen molar-refractivity contribution in [2.24, 2.45) is 0 Å². The fourth-order valence-electron chi connectivity index (χ4n) is 0.997. The summed E-state index contributed by atoms with van der Waals surface area (Å²) < 4.78 is 5.62. The lowest BCUT2D eigenvalue weighted by molar-refractivity contribution is 0.219. The van der Waals surface area contributed by atoms with Crippen LogP contribution < -0.4 is 4.74 Å². The summed E-state index contributed by atoms with van der Waals surface area (Å²) in [6.45, 7) is 2.00. The first kappa shape index (κ1) is 12.2. The first-order valence-corrected chi connectivity index (χ1v) is 6.19. The number of halogens is 3. The Morgan fingerprint density at radius 2 is 2.14 bits per heavy atom. The SMILES string of the molecule is CC(CCBr)Oc1cc(Cl)ccc1Cl. The van der Waals surface area contributed by atoms with E-state index in [1.165, 1.54) is 0 Å². The van der Waals surface area contributed by atoms with Crippen molar-refractivity contribution in [1.82, 2.24) is 0 Å². The number of rotatable bonds is 4. The van der Waals surface area contributed by atoms with Crippen LogP contribution in [0.1, 0.15) is 13.3 Å². The van der Waals surface area contributed by atoms with Gasteiger partial charge in [0.1, 0.15) is 5.75 Å². The summed E-state index contributed by atoms with van der Waals surface area (Å²) in [6.07, 6.45) is 1.06. The van der Waals surface area contributed by atoms with Crippen LogP contribution in [0.5, 0.6) is 5.75 Å². The Labute approximate surface area is 102 Å². The third kappa shape index (κ3) is 3.68. The zero-order valence-corrected chi connectivity index (χ0v) is 10.9. The minimum absolute atomic E-state index is 0.130. The van der Waals surface area contributed by atoms with E-state index in [1.807, 2.05) is 6.92 Å². The van der Waals surface area contributed by atoms with Crippen LogP contribution in [0.3, 0.4) is 0 Å². The monoisotopic (exact) mass is 296 g/mol. The average molecular weight is 298 g/mol. The molecule has 1 rings (SSSR count). The summed E-state index contributed by atoms with van der Waals surface area (Å²) in [4.78, 5) is 0. The molecule has 0 bridgehead atoms. The molecule has 0 aromatic heterocycles.